The van der Waals surface area contributed by atoms with Crippen molar-refractivity contribution in [1.29, 1.82) is 0 Å². The number of piperidine rings is 1. The molecule has 1 aliphatic heterocycles. The van der Waals surface area contributed by atoms with Gasteiger partial charge in [0.2, 0.25) is 0 Å². The molecule has 1 aliphatic rings. The SMILES string of the molecule is Cc1ccc(Br)cc1N1CCC(=O)CC1C. The molecular weight excluding hydrogens is 266 g/mol. The van der Waals surface area contributed by atoms with Gasteiger partial charge in [0, 0.05) is 35.6 Å². The number of benzene rings is 1. The highest BCUT2D eigenvalue weighted by Gasteiger charge is 2.24. The van der Waals surface area contributed by atoms with Gasteiger partial charge in [-0.15, -0.1) is 0 Å². The van der Waals surface area contributed by atoms with Gasteiger partial charge in [0.1, 0.15) is 5.78 Å². The van der Waals surface area contributed by atoms with Crippen LogP contribution in [-0.4, -0.2) is 18.4 Å². The summed E-state index contributed by atoms with van der Waals surface area (Å²) in [5.41, 5.74) is 2.51. The Morgan fingerprint density at radius 2 is 2.19 bits per heavy atom. The van der Waals surface area contributed by atoms with Gasteiger partial charge in [0.05, 0.1) is 0 Å². The van der Waals surface area contributed by atoms with Crippen LogP contribution in [0.25, 0.3) is 0 Å². The van der Waals surface area contributed by atoms with Crippen molar-refractivity contribution in [2.45, 2.75) is 32.7 Å². The van der Waals surface area contributed by atoms with E-state index in [0.29, 0.717) is 24.7 Å². The maximum atomic E-state index is 11.4. The van der Waals surface area contributed by atoms with Crippen molar-refractivity contribution in [2.75, 3.05) is 11.4 Å². The van der Waals surface area contributed by atoms with E-state index in [4.69, 9.17) is 0 Å². The first-order valence-electron chi connectivity index (χ1n) is 5.62. The van der Waals surface area contributed by atoms with Gasteiger partial charge in [0.15, 0.2) is 0 Å². The summed E-state index contributed by atoms with van der Waals surface area (Å²) in [7, 11) is 0. The second kappa shape index (κ2) is 4.58. The fourth-order valence-electron chi connectivity index (χ4n) is 2.26. The smallest absolute Gasteiger partial charge is 0.136 e. The molecule has 3 heteroatoms. The molecule has 1 aromatic carbocycles. The quantitative estimate of drug-likeness (QED) is 0.787. The van der Waals surface area contributed by atoms with Gasteiger partial charge in [-0.2, -0.15) is 0 Å². The zero-order chi connectivity index (χ0) is 11.7. The van der Waals surface area contributed by atoms with Crippen LogP contribution in [0.3, 0.4) is 0 Å². The predicted molar refractivity (Wildman–Crippen MR) is 69.9 cm³/mol. The van der Waals surface area contributed by atoms with E-state index in [0.717, 1.165) is 11.0 Å². The van der Waals surface area contributed by atoms with Crippen molar-refractivity contribution in [2.24, 2.45) is 0 Å². The van der Waals surface area contributed by atoms with Gasteiger partial charge in [-0.05, 0) is 31.5 Å². The van der Waals surface area contributed by atoms with Crippen molar-refractivity contribution < 1.29 is 4.79 Å². The summed E-state index contributed by atoms with van der Waals surface area (Å²) in [4.78, 5) is 13.7. The molecule has 1 heterocycles. The summed E-state index contributed by atoms with van der Waals surface area (Å²) in [6.45, 7) is 5.08. The number of carbonyl (C=O) groups is 1. The van der Waals surface area contributed by atoms with E-state index in [1.54, 1.807) is 0 Å². The summed E-state index contributed by atoms with van der Waals surface area (Å²) in [5.74, 6) is 0.386. The van der Waals surface area contributed by atoms with Crippen LogP contribution in [0.15, 0.2) is 22.7 Å². The molecule has 0 saturated carbocycles. The first kappa shape index (κ1) is 11.6. The van der Waals surface area contributed by atoms with E-state index in [1.165, 1.54) is 11.3 Å². The first-order valence-corrected chi connectivity index (χ1v) is 6.41. The topological polar surface area (TPSA) is 20.3 Å². The third-order valence-electron chi connectivity index (χ3n) is 3.17. The van der Waals surface area contributed by atoms with Crippen molar-refractivity contribution in [3.8, 4) is 0 Å². The van der Waals surface area contributed by atoms with Gasteiger partial charge in [-0.25, -0.2) is 0 Å². The molecular formula is C13H16BrNO. The minimum absolute atomic E-state index is 0.314. The Hall–Kier alpha value is -0.830. The van der Waals surface area contributed by atoms with Crippen molar-refractivity contribution in [3.63, 3.8) is 0 Å². The standard InChI is InChI=1S/C13H16BrNO/c1-9-3-4-11(14)8-13(9)15-6-5-12(16)7-10(15)2/h3-4,8,10H,5-7H2,1-2H3. The minimum atomic E-state index is 0.314. The van der Waals surface area contributed by atoms with Gasteiger partial charge >= 0.3 is 0 Å². The number of rotatable bonds is 1. The number of hydrogen-bond donors (Lipinski definition) is 0. The number of Topliss-reactive ketones (excluding diaryl/α,β-unsaturated/α-hetero) is 1. The molecule has 0 amide bonds. The Morgan fingerprint density at radius 1 is 1.44 bits per heavy atom. The highest BCUT2D eigenvalue weighted by molar-refractivity contribution is 9.10. The van der Waals surface area contributed by atoms with Crippen LogP contribution in [0.1, 0.15) is 25.3 Å². The van der Waals surface area contributed by atoms with Crippen molar-refractivity contribution >= 4 is 27.4 Å². The summed E-state index contributed by atoms with van der Waals surface area (Å²) in [5, 5.41) is 0. The number of ketones is 1. The average molecular weight is 282 g/mol. The molecule has 86 valence electrons. The molecule has 1 aromatic rings. The molecule has 1 fully saturated rings. The Kier molecular flexibility index (Phi) is 3.33. The van der Waals surface area contributed by atoms with Crippen LogP contribution in [0.5, 0.6) is 0 Å². The summed E-state index contributed by atoms with van der Waals surface area (Å²) >= 11 is 3.50. The highest BCUT2D eigenvalue weighted by Crippen LogP contribution is 2.29. The summed E-state index contributed by atoms with van der Waals surface area (Å²) in [6.07, 6.45) is 1.35. The van der Waals surface area contributed by atoms with Crippen LogP contribution in [0.4, 0.5) is 5.69 Å². The van der Waals surface area contributed by atoms with E-state index in [2.05, 4.69) is 52.9 Å². The normalized spacial score (nSPS) is 21.3. The maximum Gasteiger partial charge on any atom is 0.136 e. The van der Waals surface area contributed by atoms with E-state index < -0.39 is 0 Å². The molecule has 1 atom stereocenters. The fraction of sp³-hybridized carbons (Fsp3) is 0.462. The van der Waals surface area contributed by atoms with E-state index in [-0.39, 0.29) is 0 Å². The minimum Gasteiger partial charge on any atom is -0.368 e. The molecule has 1 unspecified atom stereocenters. The molecule has 0 bridgehead atoms. The van der Waals surface area contributed by atoms with Crippen molar-refractivity contribution in [3.05, 3.63) is 28.2 Å². The second-order valence-electron chi connectivity index (χ2n) is 4.47. The first-order chi connectivity index (χ1) is 7.58. The van der Waals surface area contributed by atoms with Crippen LogP contribution >= 0.6 is 15.9 Å². The number of halogens is 1. The molecule has 0 N–H and O–H groups in total. The molecule has 1 saturated heterocycles. The van der Waals surface area contributed by atoms with E-state index in [9.17, 15) is 4.79 Å². The molecule has 0 aromatic heterocycles. The Balaban J connectivity index is 2.29. The lowest BCUT2D eigenvalue weighted by molar-refractivity contribution is -0.120. The zero-order valence-corrected chi connectivity index (χ0v) is 11.3. The molecule has 2 nitrogen and oxygen atoms in total. The van der Waals surface area contributed by atoms with Gasteiger partial charge < -0.3 is 4.90 Å². The van der Waals surface area contributed by atoms with Crippen LogP contribution < -0.4 is 4.90 Å². The third-order valence-corrected chi connectivity index (χ3v) is 3.66. The monoisotopic (exact) mass is 281 g/mol. The molecule has 0 radical (unpaired) electrons. The summed E-state index contributed by atoms with van der Waals surface area (Å²) < 4.78 is 1.09. The predicted octanol–water partition coefficient (Wildman–Crippen LogP) is 3.32. The maximum absolute atomic E-state index is 11.4. The largest absolute Gasteiger partial charge is 0.368 e. The van der Waals surface area contributed by atoms with Crippen LogP contribution in [0, 0.1) is 6.92 Å². The lowest BCUT2D eigenvalue weighted by atomic mass is 10.0. The van der Waals surface area contributed by atoms with Crippen LogP contribution in [-0.2, 0) is 4.79 Å². The number of hydrogen-bond acceptors (Lipinski definition) is 2. The number of nitrogens with zero attached hydrogens (tertiary/aromatic N) is 1. The lowest BCUT2D eigenvalue weighted by Gasteiger charge is -2.35. The van der Waals surface area contributed by atoms with Gasteiger partial charge in [-0.3, -0.25) is 4.79 Å². The van der Waals surface area contributed by atoms with Gasteiger partial charge in [0.25, 0.3) is 0 Å². The highest BCUT2D eigenvalue weighted by atomic mass is 79.9. The summed E-state index contributed by atoms with van der Waals surface area (Å²) in [6, 6.07) is 6.62. The van der Waals surface area contributed by atoms with E-state index >= 15 is 0 Å². The fourth-order valence-corrected chi connectivity index (χ4v) is 2.61. The number of anilines is 1. The second-order valence-corrected chi connectivity index (χ2v) is 5.38. The Labute approximate surface area is 105 Å². The number of aryl methyl sites for hydroxylation is 1. The van der Waals surface area contributed by atoms with Crippen LogP contribution in [0.2, 0.25) is 0 Å². The molecule has 0 spiro atoms. The van der Waals surface area contributed by atoms with Gasteiger partial charge in [-0.1, -0.05) is 22.0 Å². The Bertz CT molecular complexity index is 416. The number of carbonyl (C=O) groups excluding carboxylic acids is 1. The van der Waals surface area contributed by atoms with Crippen molar-refractivity contribution in [1.82, 2.24) is 0 Å². The molecule has 16 heavy (non-hydrogen) atoms. The average Bonchev–Trinajstić information content (AvgIpc) is 2.22. The van der Waals surface area contributed by atoms with E-state index in [1.807, 2.05) is 0 Å². The lowest BCUT2D eigenvalue weighted by Crippen LogP contribution is -2.41. The molecule has 2 rings (SSSR count). The third kappa shape index (κ3) is 2.29. The Morgan fingerprint density at radius 3 is 2.88 bits per heavy atom. The zero-order valence-electron chi connectivity index (χ0n) is 9.66. The molecule has 0 aliphatic carbocycles.